The van der Waals surface area contributed by atoms with Gasteiger partial charge in [-0.3, -0.25) is 0 Å². The number of nitrogens with zero attached hydrogens (tertiary/aromatic N) is 4. The van der Waals surface area contributed by atoms with Crippen molar-refractivity contribution in [3.8, 4) is 0 Å². The van der Waals surface area contributed by atoms with Crippen molar-refractivity contribution < 1.29 is 4.39 Å². The lowest BCUT2D eigenvalue weighted by molar-refractivity contribution is 0.544. The molecule has 6 heteroatoms. The highest BCUT2D eigenvalue weighted by Crippen LogP contribution is 2.19. The highest BCUT2D eigenvalue weighted by atomic mass is 19.1. The summed E-state index contributed by atoms with van der Waals surface area (Å²) in [5.41, 5.74) is 7.64. The second-order valence-electron chi connectivity index (χ2n) is 4.30. The van der Waals surface area contributed by atoms with Gasteiger partial charge in [-0.15, -0.1) is 0 Å². The molecule has 0 saturated heterocycles. The van der Waals surface area contributed by atoms with Crippen molar-refractivity contribution in [2.24, 2.45) is 7.05 Å². The first-order chi connectivity index (χ1) is 9.15. The van der Waals surface area contributed by atoms with Gasteiger partial charge >= 0.3 is 6.08 Å². The number of hydrogen-bond acceptors (Lipinski definition) is 4. The quantitative estimate of drug-likeness (QED) is 0.709. The van der Waals surface area contributed by atoms with Crippen LogP contribution in [0, 0.1) is 6.08 Å². The first kappa shape index (κ1) is 11.6. The fourth-order valence-corrected chi connectivity index (χ4v) is 2.04. The first-order valence-electron chi connectivity index (χ1n) is 5.83. The van der Waals surface area contributed by atoms with Gasteiger partial charge in [0.05, 0.1) is 0 Å². The van der Waals surface area contributed by atoms with Crippen LogP contribution >= 0.6 is 0 Å². The number of fused-ring (bicyclic) bond motifs is 1. The highest BCUT2D eigenvalue weighted by Gasteiger charge is 2.14. The molecule has 3 aromatic rings. The molecule has 1 aromatic carbocycles. The van der Waals surface area contributed by atoms with E-state index in [1.165, 1.54) is 0 Å². The molecule has 0 saturated carbocycles. The van der Waals surface area contributed by atoms with Crippen LogP contribution in [0.4, 0.5) is 10.2 Å². The topological polar surface area (TPSA) is 69.6 Å². The second-order valence-corrected chi connectivity index (χ2v) is 4.30. The summed E-state index contributed by atoms with van der Waals surface area (Å²) in [4.78, 5) is 11.6. The smallest absolute Gasteiger partial charge is 0.312 e. The van der Waals surface area contributed by atoms with Crippen LogP contribution in [0.1, 0.15) is 11.4 Å². The maximum absolute atomic E-state index is 13.2. The number of rotatable bonds is 2. The molecule has 2 aromatic heterocycles. The number of nitrogens with two attached hydrogens (primary N) is 1. The van der Waals surface area contributed by atoms with Crippen LogP contribution in [0.3, 0.4) is 0 Å². The van der Waals surface area contributed by atoms with E-state index in [1.807, 2.05) is 30.3 Å². The standard InChI is InChI=1S/C13H12FN5/c1-19-9(7-8-5-3-2-4-6-8)16-10-11(15)17-13(14)18-12(10)19/h2-6H,7H2,1H3,(H2,15,17,18). The molecule has 5 nitrogen and oxygen atoms in total. The minimum absolute atomic E-state index is 0.0670. The Kier molecular flexibility index (Phi) is 2.63. The van der Waals surface area contributed by atoms with E-state index in [-0.39, 0.29) is 5.82 Å². The van der Waals surface area contributed by atoms with E-state index in [9.17, 15) is 4.39 Å². The summed E-state index contributed by atoms with van der Waals surface area (Å²) in [6, 6.07) is 9.90. The molecular weight excluding hydrogens is 245 g/mol. The van der Waals surface area contributed by atoms with Gasteiger partial charge in [0.25, 0.3) is 0 Å². The Balaban J connectivity index is 2.10. The van der Waals surface area contributed by atoms with Gasteiger partial charge < -0.3 is 10.3 Å². The lowest BCUT2D eigenvalue weighted by Gasteiger charge is -2.01. The van der Waals surface area contributed by atoms with E-state index in [2.05, 4.69) is 15.0 Å². The Morgan fingerprint density at radius 2 is 1.89 bits per heavy atom. The Labute approximate surface area is 108 Å². The van der Waals surface area contributed by atoms with Crippen LogP contribution in [0.2, 0.25) is 0 Å². The molecule has 0 atom stereocenters. The van der Waals surface area contributed by atoms with Gasteiger partial charge in [-0.1, -0.05) is 30.3 Å². The number of hydrogen-bond donors (Lipinski definition) is 1. The third-order valence-corrected chi connectivity index (χ3v) is 3.02. The summed E-state index contributed by atoms with van der Waals surface area (Å²) in [6.45, 7) is 0. The van der Waals surface area contributed by atoms with Crippen LogP contribution in [0.15, 0.2) is 30.3 Å². The van der Waals surface area contributed by atoms with Gasteiger partial charge in [0.2, 0.25) is 0 Å². The summed E-state index contributed by atoms with van der Waals surface area (Å²) >= 11 is 0. The lowest BCUT2D eigenvalue weighted by atomic mass is 10.1. The fourth-order valence-electron chi connectivity index (χ4n) is 2.04. The zero-order valence-corrected chi connectivity index (χ0v) is 10.3. The Morgan fingerprint density at radius 3 is 2.63 bits per heavy atom. The monoisotopic (exact) mass is 257 g/mol. The summed E-state index contributed by atoms with van der Waals surface area (Å²) in [7, 11) is 1.79. The summed E-state index contributed by atoms with van der Waals surface area (Å²) in [5, 5.41) is 0. The van der Waals surface area contributed by atoms with Crippen molar-refractivity contribution in [2.75, 3.05) is 5.73 Å². The summed E-state index contributed by atoms with van der Waals surface area (Å²) in [5.74, 6) is 0.838. The number of imidazole rings is 1. The molecule has 3 rings (SSSR count). The Bertz CT molecular complexity index is 736. The van der Waals surface area contributed by atoms with Crippen molar-refractivity contribution in [1.29, 1.82) is 0 Å². The van der Waals surface area contributed by atoms with E-state index < -0.39 is 6.08 Å². The van der Waals surface area contributed by atoms with Gasteiger partial charge in [-0.25, -0.2) is 4.98 Å². The van der Waals surface area contributed by atoms with Crippen LogP contribution in [0.5, 0.6) is 0 Å². The molecule has 0 unspecified atom stereocenters. The van der Waals surface area contributed by atoms with Gasteiger partial charge in [0.15, 0.2) is 17.0 Å². The normalized spacial score (nSPS) is 11.1. The van der Waals surface area contributed by atoms with Crippen LogP contribution in [-0.4, -0.2) is 19.5 Å². The molecular formula is C13H12FN5. The average molecular weight is 257 g/mol. The van der Waals surface area contributed by atoms with Crippen molar-refractivity contribution >= 4 is 17.0 Å². The van der Waals surface area contributed by atoms with Crippen LogP contribution in [-0.2, 0) is 13.5 Å². The maximum Gasteiger partial charge on any atom is 0.312 e. The van der Waals surface area contributed by atoms with E-state index in [1.54, 1.807) is 11.6 Å². The molecule has 0 fully saturated rings. The highest BCUT2D eigenvalue weighted by molar-refractivity contribution is 5.81. The minimum Gasteiger partial charge on any atom is -0.382 e. The molecule has 0 aliphatic carbocycles. The predicted molar refractivity (Wildman–Crippen MR) is 69.9 cm³/mol. The molecule has 96 valence electrons. The number of aromatic nitrogens is 4. The van der Waals surface area contributed by atoms with Gasteiger partial charge in [-0.2, -0.15) is 14.4 Å². The Hall–Kier alpha value is -2.50. The zero-order chi connectivity index (χ0) is 13.4. The lowest BCUT2D eigenvalue weighted by Crippen LogP contribution is -2.01. The van der Waals surface area contributed by atoms with Gasteiger partial charge in [0.1, 0.15) is 5.82 Å². The molecule has 0 amide bonds. The SMILES string of the molecule is Cn1c(Cc2ccccc2)nc2c(N)nc(F)nc21. The maximum atomic E-state index is 13.2. The zero-order valence-electron chi connectivity index (χ0n) is 10.3. The van der Waals surface area contributed by atoms with Crippen LogP contribution in [0.25, 0.3) is 11.2 Å². The van der Waals surface area contributed by atoms with Crippen molar-refractivity contribution in [2.45, 2.75) is 6.42 Å². The number of halogens is 1. The van der Waals surface area contributed by atoms with E-state index >= 15 is 0 Å². The van der Waals surface area contributed by atoms with Crippen molar-refractivity contribution in [3.05, 3.63) is 47.8 Å². The van der Waals surface area contributed by atoms with E-state index in [4.69, 9.17) is 5.73 Å². The number of nitrogen functional groups attached to an aromatic ring is 1. The third-order valence-electron chi connectivity index (χ3n) is 3.02. The predicted octanol–water partition coefficient (Wildman–Crippen LogP) is 1.68. The van der Waals surface area contributed by atoms with Crippen molar-refractivity contribution in [3.63, 3.8) is 0 Å². The number of benzene rings is 1. The summed E-state index contributed by atoms with van der Waals surface area (Å²) < 4.78 is 14.9. The minimum atomic E-state index is -0.834. The molecule has 2 heterocycles. The Morgan fingerprint density at radius 1 is 1.16 bits per heavy atom. The van der Waals surface area contributed by atoms with E-state index in [0.717, 1.165) is 11.4 Å². The largest absolute Gasteiger partial charge is 0.382 e. The van der Waals surface area contributed by atoms with E-state index in [0.29, 0.717) is 17.6 Å². The van der Waals surface area contributed by atoms with Crippen LogP contribution < -0.4 is 5.73 Å². The third kappa shape index (κ3) is 2.01. The first-order valence-corrected chi connectivity index (χ1v) is 5.83. The second kappa shape index (κ2) is 4.31. The molecule has 2 N–H and O–H groups in total. The van der Waals surface area contributed by atoms with Gasteiger partial charge in [-0.05, 0) is 5.56 Å². The molecule has 0 radical (unpaired) electrons. The summed E-state index contributed by atoms with van der Waals surface area (Å²) in [6.07, 6.45) is -0.200. The average Bonchev–Trinajstić information content (AvgIpc) is 2.69. The molecule has 0 aliphatic rings. The number of aryl methyl sites for hydroxylation is 1. The molecule has 0 bridgehead atoms. The molecule has 0 spiro atoms. The van der Waals surface area contributed by atoms with Gasteiger partial charge in [0, 0.05) is 13.5 Å². The fraction of sp³-hybridized carbons (Fsp3) is 0.154. The number of anilines is 1. The molecule has 0 aliphatic heterocycles. The molecule has 19 heavy (non-hydrogen) atoms. The van der Waals surface area contributed by atoms with Crippen molar-refractivity contribution in [1.82, 2.24) is 19.5 Å².